The molecule has 0 aromatic heterocycles. The summed E-state index contributed by atoms with van der Waals surface area (Å²) >= 11 is 0. The van der Waals surface area contributed by atoms with E-state index in [2.05, 4.69) is 0 Å². The summed E-state index contributed by atoms with van der Waals surface area (Å²) < 4.78 is 17.4. The van der Waals surface area contributed by atoms with Gasteiger partial charge in [0, 0.05) is 13.7 Å². The maximum absolute atomic E-state index is 12.7. The van der Waals surface area contributed by atoms with Crippen LogP contribution in [-0.2, 0) is 16.1 Å². The third-order valence-corrected chi connectivity index (χ3v) is 2.12. The van der Waals surface area contributed by atoms with Crippen molar-refractivity contribution in [3.63, 3.8) is 0 Å². The molecule has 0 aliphatic heterocycles. The first-order valence-corrected chi connectivity index (χ1v) is 5.05. The quantitative estimate of drug-likeness (QED) is 0.734. The number of hydrogen-bond donors (Lipinski definition) is 0. The van der Waals surface area contributed by atoms with Crippen molar-refractivity contribution in [3.8, 4) is 0 Å². The van der Waals surface area contributed by atoms with E-state index in [1.807, 2.05) is 11.9 Å². The summed E-state index contributed by atoms with van der Waals surface area (Å²) in [6, 6.07) is 6.26. The average molecular weight is 225 g/mol. The van der Waals surface area contributed by atoms with Crippen LogP contribution < -0.4 is 0 Å². The summed E-state index contributed by atoms with van der Waals surface area (Å²) in [5.41, 5.74) is 0.981. The molecule has 3 nitrogen and oxygen atoms in total. The number of nitrogens with zero attached hydrogens (tertiary/aromatic N) is 1. The monoisotopic (exact) mass is 225 g/mol. The number of hydrogen-bond acceptors (Lipinski definition) is 3. The minimum atomic E-state index is -0.248. The molecule has 0 saturated carbocycles. The molecule has 0 N–H and O–H groups in total. The first-order chi connectivity index (χ1) is 7.61. The number of likely N-dealkylation sites (N-methyl/N-ethyl adjacent to an activating group) is 1. The number of ketones is 1. The zero-order valence-electron chi connectivity index (χ0n) is 9.57. The molecular formula is C12H16FNO2. The van der Waals surface area contributed by atoms with Crippen LogP contribution in [0, 0.1) is 5.82 Å². The average Bonchev–Trinajstić information content (AvgIpc) is 2.21. The number of ether oxygens (including phenoxy) is 1. The first kappa shape index (κ1) is 12.8. The van der Waals surface area contributed by atoms with Crippen LogP contribution in [0.3, 0.4) is 0 Å². The van der Waals surface area contributed by atoms with Gasteiger partial charge in [-0.2, -0.15) is 0 Å². The van der Waals surface area contributed by atoms with Gasteiger partial charge in [0.2, 0.25) is 0 Å². The number of carbonyl (C=O) groups is 1. The van der Waals surface area contributed by atoms with Gasteiger partial charge in [-0.05, 0) is 24.7 Å². The van der Waals surface area contributed by atoms with Gasteiger partial charge in [-0.1, -0.05) is 12.1 Å². The van der Waals surface area contributed by atoms with Crippen LogP contribution in [0.5, 0.6) is 0 Å². The largest absolute Gasteiger partial charge is 0.377 e. The first-order valence-electron chi connectivity index (χ1n) is 5.05. The molecule has 0 bridgehead atoms. The summed E-state index contributed by atoms with van der Waals surface area (Å²) in [7, 11) is 3.34. The Morgan fingerprint density at radius 3 is 2.56 bits per heavy atom. The van der Waals surface area contributed by atoms with Crippen LogP contribution in [0.1, 0.15) is 5.56 Å². The van der Waals surface area contributed by atoms with Crippen molar-refractivity contribution in [1.82, 2.24) is 4.90 Å². The smallest absolute Gasteiger partial charge is 0.172 e. The van der Waals surface area contributed by atoms with Crippen LogP contribution in [0.15, 0.2) is 24.3 Å². The molecule has 0 amide bonds. The van der Waals surface area contributed by atoms with Gasteiger partial charge in [-0.3, -0.25) is 9.69 Å². The van der Waals surface area contributed by atoms with Gasteiger partial charge in [-0.15, -0.1) is 0 Å². The molecule has 1 aromatic carbocycles. The minimum absolute atomic E-state index is 0.0344. The van der Waals surface area contributed by atoms with E-state index < -0.39 is 0 Å². The Balaban J connectivity index is 2.42. The van der Waals surface area contributed by atoms with Crippen molar-refractivity contribution in [2.24, 2.45) is 0 Å². The van der Waals surface area contributed by atoms with Crippen LogP contribution in [0.4, 0.5) is 4.39 Å². The molecule has 0 aliphatic rings. The highest BCUT2D eigenvalue weighted by Crippen LogP contribution is 2.05. The van der Waals surface area contributed by atoms with E-state index in [1.54, 1.807) is 12.1 Å². The lowest BCUT2D eigenvalue weighted by atomic mass is 10.2. The summed E-state index contributed by atoms with van der Waals surface area (Å²) in [5, 5.41) is 0. The van der Waals surface area contributed by atoms with Crippen molar-refractivity contribution in [2.45, 2.75) is 6.54 Å². The molecule has 0 fully saturated rings. The molecule has 0 radical (unpaired) electrons. The Labute approximate surface area is 94.8 Å². The molecule has 0 heterocycles. The van der Waals surface area contributed by atoms with Gasteiger partial charge >= 0.3 is 0 Å². The Morgan fingerprint density at radius 1 is 1.38 bits per heavy atom. The number of methoxy groups -OCH3 is 1. The minimum Gasteiger partial charge on any atom is -0.377 e. The molecule has 16 heavy (non-hydrogen) atoms. The maximum Gasteiger partial charge on any atom is 0.172 e. The van der Waals surface area contributed by atoms with Crippen molar-refractivity contribution in [2.75, 3.05) is 27.3 Å². The van der Waals surface area contributed by atoms with E-state index >= 15 is 0 Å². The van der Waals surface area contributed by atoms with Crippen LogP contribution in [0.25, 0.3) is 0 Å². The summed E-state index contributed by atoms with van der Waals surface area (Å²) in [5.74, 6) is -0.214. The van der Waals surface area contributed by atoms with E-state index in [-0.39, 0.29) is 18.2 Å². The second kappa shape index (κ2) is 6.35. The molecule has 0 spiro atoms. The predicted octanol–water partition coefficient (Wildman–Crippen LogP) is 1.47. The Morgan fingerprint density at radius 2 is 2.00 bits per heavy atom. The molecule has 0 unspecified atom stereocenters. The van der Waals surface area contributed by atoms with E-state index in [1.165, 1.54) is 19.2 Å². The Hall–Kier alpha value is -1.26. The zero-order chi connectivity index (χ0) is 12.0. The number of benzene rings is 1. The highest BCUT2D eigenvalue weighted by Gasteiger charge is 2.06. The van der Waals surface area contributed by atoms with Crippen LogP contribution in [-0.4, -0.2) is 38.0 Å². The third-order valence-electron chi connectivity index (χ3n) is 2.12. The second-order valence-corrected chi connectivity index (χ2v) is 3.77. The van der Waals surface area contributed by atoms with E-state index in [0.29, 0.717) is 13.1 Å². The fourth-order valence-corrected chi connectivity index (χ4v) is 1.47. The summed E-state index contributed by atoms with van der Waals surface area (Å²) in [6.45, 7) is 1.09. The van der Waals surface area contributed by atoms with E-state index in [0.717, 1.165) is 5.56 Å². The van der Waals surface area contributed by atoms with Crippen LogP contribution >= 0.6 is 0 Å². The van der Waals surface area contributed by atoms with E-state index in [4.69, 9.17) is 4.74 Å². The molecule has 88 valence electrons. The third kappa shape index (κ3) is 4.51. The molecule has 1 aromatic rings. The molecule has 4 heteroatoms. The highest BCUT2D eigenvalue weighted by molar-refractivity contribution is 5.81. The number of rotatable bonds is 6. The van der Waals surface area contributed by atoms with Gasteiger partial charge in [-0.25, -0.2) is 4.39 Å². The maximum atomic E-state index is 12.7. The van der Waals surface area contributed by atoms with Gasteiger partial charge in [0.05, 0.1) is 6.54 Å². The number of carbonyl (C=O) groups excluding carboxylic acids is 1. The van der Waals surface area contributed by atoms with Crippen LogP contribution in [0.2, 0.25) is 0 Å². The SMILES string of the molecule is COCC(=O)CN(C)Cc1ccc(F)cc1. The highest BCUT2D eigenvalue weighted by atomic mass is 19.1. The summed E-state index contributed by atoms with van der Waals surface area (Å²) in [4.78, 5) is 13.1. The zero-order valence-corrected chi connectivity index (χ0v) is 9.57. The lowest BCUT2D eigenvalue weighted by molar-refractivity contribution is -0.123. The molecular weight excluding hydrogens is 209 g/mol. The predicted molar refractivity (Wildman–Crippen MR) is 59.6 cm³/mol. The van der Waals surface area contributed by atoms with Crippen molar-refractivity contribution >= 4 is 5.78 Å². The molecule has 1 rings (SSSR count). The fraction of sp³-hybridized carbons (Fsp3) is 0.417. The molecule has 0 atom stereocenters. The molecule has 0 saturated heterocycles. The standard InChI is InChI=1S/C12H16FNO2/c1-14(8-12(15)9-16-2)7-10-3-5-11(13)6-4-10/h3-6H,7-9H2,1-2H3. The number of Topliss-reactive ketones (excluding diaryl/α,β-unsaturated/α-hetero) is 1. The van der Waals surface area contributed by atoms with Crippen molar-refractivity contribution in [3.05, 3.63) is 35.6 Å². The topological polar surface area (TPSA) is 29.5 Å². The van der Waals surface area contributed by atoms with Gasteiger partial charge < -0.3 is 4.74 Å². The number of halogens is 1. The van der Waals surface area contributed by atoms with Gasteiger partial charge in [0.1, 0.15) is 12.4 Å². The fourth-order valence-electron chi connectivity index (χ4n) is 1.47. The van der Waals surface area contributed by atoms with Crippen molar-refractivity contribution in [1.29, 1.82) is 0 Å². The van der Waals surface area contributed by atoms with E-state index in [9.17, 15) is 9.18 Å². The van der Waals surface area contributed by atoms with Gasteiger partial charge in [0.15, 0.2) is 5.78 Å². The second-order valence-electron chi connectivity index (χ2n) is 3.77. The lowest BCUT2D eigenvalue weighted by Gasteiger charge is -2.15. The Kier molecular flexibility index (Phi) is 5.08. The Bertz CT molecular complexity index is 337. The lowest BCUT2D eigenvalue weighted by Crippen LogP contribution is -2.27. The normalized spacial score (nSPS) is 10.8. The molecule has 0 aliphatic carbocycles. The van der Waals surface area contributed by atoms with Gasteiger partial charge in [0.25, 0.3) is 0 Å². The summed E-state index contributed by atoms with van der Waals surface area (Å²) in [6.07, 6.45) is 0. The van der Waals surface area contributed by atoms with Crippen molar-refractivity contribution < 1.29 is 13.9 Å².